The first-order chi connectivity index (χ1) is 16.8. The topological polar surface area (TPSA) is 84.6 Å². The van der Waals surface area contributed by atoms with Crippen LogP contribution in [0.1, 0.15) is 0 Å². The molecule has 2 amide bonds. The number of anilines is 1. The summed E-state index contributed by atoms with van der Waals surface area (Å²) in [6.07, 6.45) is 1.75. The summed E-state index contributed by atoms with van der Waals surface area (Å²) < 4.78 is 8.59. The maximum Gasteiger partial charge on any atom is 0.328 e. The third-order valence-corrected chi connectivity index (χ3v) is 6.19. The highest BCUT2D eigenvalue weighted by molar-refractivity contribution is 6.04. The molecule has 4 aromatic rings. The van der Waals surface area contributed by atoms with E-state index < -0.39 is 0 Å². The first-order valence-corrected chi connectivity index (χ1v) is 11.5. The fourth-order valence-corrected chi connectivity index (χ4v) is 4.06. The van der Waals surface area contributed by atoms with Gasteiger partial charge in [-0.05, 0) is 49.5 Å². The van der Waals surface area contributed by atoms with Crippen LogP contribution in [0.15, 0.2) is 53.5 Å². The molecular formula is C26H32N6O3. The van der Waals surface area contributed by atoms with Crippen LogP contribution in [0.25, 0.3) is 33.1 Å². The van der Waals surface area contributed by atoms with Gasteiger partial charge in [0.2, 0.25) is 0 Å². The molecule has 0 spiro atoms. The molecule has 1 N–H and O–H groups in total. The molecular weight excluding hydrogens is 444 g/mol. The highest BCUT2D eigenvalue weighted by atomic mass is 16.5. The van der Waals surface area contributed by atoms with Crippen LogP contribution in [-0.2, 0) is 18.3 Å². The van der Waals surface area contributed by atoms with Crippen LogP contribution in [0.3, 0.4) is 0 Å². The number of urea groups is 1. The van der Waals surface area contributed by atoms with Crippen molar-refractivity contribution in [3.63, 3.8) is 0 Å². The van der Waals surface area contributed by atoms with Gasteiger partial charge in [-0.1, -0.05) is 18.2 Å². The van der Waals surface area contributed by atoms with Gasteiger partial charge in [-0.3, -0.25) is 14.1 Å². The van der Waals surface area contributed by atoms with Gasteiger partial charge < -0.3 is 19.9 Å². The van der Waals surface area contributed by atoms with Crippen LogP contribution in [0.4, 0.5) is 10.5 Å². The molecule has 0 bridgehead atoms. The number of hydrogen-bond acceptors (Lipinski definition) is 5. The Labute approximate surface area is 204 Å². The molecule has 4 rings (SSSR count). The van der Waals surface area contributed by atoms with Crippen molar-refractivity contribution in [2.75, 3.05) is 53.3 Å². The summed E-state index contributed by atoms with van der Waals surface area (Å²) in [6, 6.07) is 13.7. The molecule has 0 aliphatic heterocycles. The first kappa shape index (κ1) is 24.4. The summed E-state index contributed by atoms with van der Waals surface area (Å²) in [5, 5.41) is 3.85. The number of likely N-dealkylation sites (N-methyl/N-ethyl adjacent to an activating group) is 2. The van der Waals surface area contributed by atoms with Gasteiger partial charge >= 0.3 is 11.7 Å². The molecule has 0 radical (unpaired) electrons. The summed E-state index contributed by atoms with van der Waals surface area (Å²) in [5.41, 5.74) is 5.11. The second kappa shape index (κ2) is 10.3. The third-order valence-electron chi connectivity index (χ3n) is 6.19. The number of hydrogen-bond donors (Lipinski definition) is 1. The third kappa shape index (κ3) is 5.06. The Kier molecular flexibility index (Phi) is 7.18. The van der Waals surface area contributed by atoms with Gasteiger partial charge in [0.15, 0.2) is 0 Å². The Morgan fingerprint density at radius 3 is 2.46 bits per heavy atom. The number of aromatic nitrogens is 3. The predicted octanol–water partition coefficient (Wildman–Crippen LogP) is 3.23. The van der Waals surface area contributed by atoms with Gasteiger partial charge in [0.05, 0.1) is 35.9 Å². The number of ether oxygens (including phenoxy) is 1. The molecule has 0 aliphatic carbocycles. The van der Waals surface area contributed by atoms with Crippen molar-refractivity contribution in [1.29, 1.82) is 0 Å². The summed E-state index contributed by atoms with van der Waals surface area (Å²) in [4.78, 5) is 33.6. The van der Waals surface area contributed by atoms with Crippen molar-refractivity contribution < 1.29 is 9.53 Å². The molecule has 2 aromatic heterocycles. The van der Waals surface area contributed by atoms with E-state index in [1.807, 2.05) is 55.4 Å². The second-order valence-corrected chi connectivity index (χ2v) is 8.94. The van der Waals surface area contributed by atoms with Crippen LogP contribution >= 0.6 is 0 Å². The van der Waals surface area contributed by atoms with E-state index in [2.05, 4.69) is 16.4 Å². The molecule has 2 heterocycles. The van der Waals surface area contributed by atoms with Crippen LogP contribution in [0.2, 0.25) is 0 Å². The Morgan fingerprint density at radius 2 is 1.77 bits per heavy atom. The number of rotatable bonds is 8. The lowest BCUT2D eigenvalue weighted by molar-refractivity contribution is 0.187. The van der Waals surface area contributed by atoms with Crippen LogP contribution in [0, 0.1) is 0 Å². The van der Waals surface area contributed by atoms with Crippen LogP contribution in [-0.4, -0.2) is 77.9 Å². The lowest BCUT2D eigenvalue weighted by Gasteiger charge is -2.20. The zero-order chi connectivity index (χ0) is 25.1. The van der Waals surface area contributed by atoms with Crippen molar-refractivity contribution in [3.8, 4) is 11.1 Å². The lowest BCUT2D eigenvalue weighted by atomic mass is 10.0. The molecule has 0 unspecified atom stereocenters. The Hall–Kier alpha value is -3.69. The molecule has 9 heteroatoms. The lowest BCUT2D eigenvalue weighted by Crippen LogP contribution is -2.36. The van der Waals surface area contributed by atoms with E-state index in [1.165, 1.54) is 0 Å². The van der Waals surface area contributed by atoms with Crippen molar-refractivity contribution >= 4 is 33.7 Å². The highest BCUT2D eigenvalue weighted by Gasteiger charge is 2.15. The number of amides is 2. The number of aryl methyl sites for hydroxylation is 1. The van der Waals surface area contributed by atoms with Crippen molar-refractivity contribution in [3.05, 3.63) is 59.1 Å². The largest absolute Gasteiger partial charge is 0.383 e. The molecule has 184 valence electrons. The Bertz CT molecular complexity index is 1400. The van der Waals surface area contributed by atoms with E-state index >= 15 is 0 Å². The molecule has 0 atom stereocenters. The van der Waals surface area contributed by atoms with Crippen molar-refractivity contribution in [2.45, 2.75) is 6.54 Å². The quantitative estimate of drug-likeness (QED) is 0.422. The number of pyridine rings is 1. The van der Waals surface area contributed by atoms with E-state index in [0.717, 1.165) is 45.3 Å². The average molecular weight is 477 g/mol. The van der Waals surface area contributed by atoms with E-state index in [0.29, 0.717) is 19.7 Å². The number of nitrogens with one attached hydrogen (secondary N) is 1. The minimum atomic E-state index is -0.142. The number of carbonyl (C=O) groups is 1. The van der Waals surface area contributed by atoms with E-state index in [-0.39, 0.29) is 11.7 Å². The number of imidazole rings is 1. The van der Waals surface area contributed by atoms with E-state index in [1.54, 1.807) is 41.4 Å². The standard InChI is InChI=1S/C26H32N6O3/c1-29(2)12-13-30(3)25(33)28-20-9-6-18(7-10-20)19-8-11-22-21(16-19)24-23(17-27-22)31(4)26(34)32(24)14-15-35-5/h6-11,16-17H,12-15H2,1-5H3,(H,28,33). The number of methoxy groups -OCH3 is 1. The Morgan fingerprint density at radius 1 is 1.06 bits per heavy atom. The van der Waals surface area contributed by atoms with Gasteiger partial charge in [-0.2, -0.15) is 0 Å². The maximum atomic E-state index is 12.8. The molecule has 0 aliphatic rings. The molecule has 0 fully saturated rings. The zero-order valence-corrected chi connectivity index (χ0v) is 20.9. The van der Waals surface area contributed by atoms with E-state index in [9.17, 15) is 9.59 Å². The number of fused-ring (bicyclic) bond motifs is 3. The number of carbonyl (C=O) groups excluding carboxylic acids is 1. The molecule has 35 heavy (non-hydrogen) atoms. The van der Waals surface area contributed by atoms with Crippen molar-refractivity contribution in [1.82, 2.24) is 23.9 Å². The van der Waals surface area contributed by atoms with Gasteiger partial charge in [-0.15, -0.1) is 0 Å². The van der Waals surface area contributed by atoms with Gasteiger partial charge in [0.1, 0.15) is 0 Å². The maximum absolute atomic E-state index is 12.8. The molecule has 0 saturated heterocycles. The minimum absolute atomic E-state index is 0.0904. The number of benzene rings is 2. The summed E-state index contributed by atoms with van der Waals surface area (Å²) >= 11 is 0. The van der Waals surface area contributed by atoms with E-state index in [4.69, 9.17) is 4.74 Å². The molecule has 2 aromatic carbocycles. The predicted molar refractivity (Wildman–Crippen MR) is 140 cm³/mol. The van der Waals surface area contributed by atoms with Crippen LogP contribution in [0.5, 0.6) is 0 Å². The highest BCUT2D eigenvalue weighted by Crippen LogP contribution is 2.29. The SMILES string of the molecule is COCCn1c(=O)n(C)c2cnc3ccc(-c4ccc(NC(=O)N(C)CCN(C)C)cc4)cc3c21. The van der Waals surface area contributed by atoms with Gasteiger partial charge in [0.25, 0.3) is 0 Å². The van der Waals surface area contributed by atoms with Crippen LogP contribution < -0.4 is 11.0 Å². The Balaban J connectivity index is 1.64. The van der Waals surface area contributed by atoms with Gasteiger partial charge in [-0.25, -0.2) is 9.59 Å². The molecule has 9 nitrogen and oxygen atoms in total. The van der Waals surface area contributed by atoms with Gasteiger partial charge in [0, 0.05) is 45.4 Å². The normalized spacial score (nSPS) is 11.5. The van der Waals surface area contributed by atoms with Crippen molar-refractivity contribution in [2.24, 2.45) is 7.05 Å². The summed E-state index contributed by atoms with van der Waals surface area (Å²) in [6.45, 7) is 2.35. The average Bonchev–Trinajstić information content (AvgIpc) is 3.10. The smallest absolute Gasteiger partial charge is 0.328 e. The summed E-state index contributed by atoms with van der Waals surface area (Å²) in [5.74, 6) is 0. The fraction of sp³-hybridized carbons (Fsp3) is 0.346. The minimum Gasteiger partial charge on any atom is -0.383 e. The second-order valence-electron chi connectivity index (χ2n) is 8.94. The zero-order valence-electron chi connectivity index (χ0n) is 20.9. The summed E-state index contributed by atoms with van der Waals surface area (Å²) in [7, 11) is 9.13. The number of nitrogens with zero attached hydrogens (tertiary/aromatic N) is 5. The monoisotopic (exact) mass is 476 g/mol. The first-order valence-electron chi connectivity index (χ1n) is 11.5. The fourth-order valence-electron chi connectivity index (χ4n) is 4.06. The molecule has 0 saturated carbocycles.